The van der Waals surface area contributed by atoms with E-state index >= 15 is 0 Å². The summed E-state index contributed by atoms with van der Waals surface area (Å²) in [7, 11) is -3.57. The van der Waals surface area contributed by atoms with E-state index in [0.29, 0.717) is 30.8 Å². The minimum absolute atomic E-state index is 0.0616. The zero-order valence-electron chi connectivity index (χ0n) is 21.0. The highest BCUT2D eigenvalue weighted by Gasteiger charge is 2.48. The molecule has 1 aromatic heterocycles. The Labute approximate surface area is 220 Å². The highest BCUT2D eigenvalue weighted by atomic mass is 32.2. The van der Waals surface area contributed by atoms with Crippen LogP contribution < -0.4 is 5.32 Å². The maximum atomic E-state index is 13.6. The summed E-state index contributed by atoms with van der Waals surface area (Å²) in [6.07, 6.45) is 2.41. The van der Waals surface area contributed by atoms with Crippen LogP contribution >= 0.6 is 11.3 Å². The van der Waals surface area contributed by atoms with Crippen molar-refractivity contribution in [1.29, 1.82) is 0 Å². The number of nitrogens with zero attached hydrogens (tertiary/aromatic N) is 4. The number of sulfonamides is 1. The van der Waals surface area contributed by atoms with Crippen LogP contribution in [0.4, 0.5) is 0 Å². The number of likely N-dealkylation sites (tertiary alicyclic amines) is 1. The lowest BCUT2D eigenvalue weighted by Gasteiger charge is -2.36. The van der Waals surface area contributed by atoms with Crippen molar-refractivity contribution in [2.24, 2.45) is 4.99 Å². The van der Waals surface area contributed by atoms with Crippen LogP contribution in [-0.4, -0.2) is 82.9 Å². The van der Waals surface area contributed by atoms with E-state index in [-0.39, 0.29) is 24.8 Å². The number of aliphatic imine (C=N–C) groups is 1. The molecule has 10 nitrogen and oxygen atoms in total. The molecule has 3 aliphatic rings. The molecular weight excluding hydrogens is 514 g/mol. The third-order valence-electron chi connectivity index (χ3n) is 7.52. The number of piperidine rings is 1. The molecule has 2 saturated heterocycles. The van der Waals surface area contributed by atoms with Gasteiger partial charge in [-0.2, -0.15) is 4.31 Å². The summed E-state index contributed by atoms with van der Waals surface area (Å²) in [4.78, 5) is 38.4. The van der Waals surface area contributed by atoms with Crippen LogP contribution in [0.15, 0.2) is 34.8 Å². The smallest absolute Gasteiger partial charge is 0.257 e. The summed E-state index contributed by atoms with van der Waals surface area (Å²) < 4.78 is 25.9. The van der Waals surface area contributed by atoms with Crippen molar-refractivity contribution in [3.8, 4) is 10.4 Å². The van der Waals surface area contributed by atoms with Crippen molar-refractivity contribution in [1.82, 2.24) is 19.5 Å². The number of carbonyl (C=O) groups excluding carboxylic acids is 2. The molecule has 5 rings (SSSR count). The first-order chi connectivity index (χ1) is 17.5. The summed E-state index contributed by atoms with van der Waals surface area (Å²) in [6.45, 7) is 4.04. The van der Waals surface area contributed by atoms with Crippen molar-refractivity contribution in [3.63, 3.8) is 0 Å². The van der Waals surface area contributed by atoms with E-state index in [1.165, 1.54) is 9.21 Å². The SMILES string of the molecule is Cc1ncsc1-c1ccc([C@]2(C)N=C(C3C[C@@H](O)CN3C(=O)C3CCCCN3S(C)(=O)=O)NC2=O)cc1. The molecule has 0 aliphatic carbocycles. The lowest BCUT2D eigenvalue weighted by molar-refractivity contribution is -0.136. The average Bonchev–Trinajstić information content (AvgIpc) is 3.55. The van der Waals surface area contributed by atoms with Gasteiger partial charge in [0.2, 0.25) is 15.9 Å². The molecule has 2 N–H and O–H groups in total. The summed E-state index contributed by atoms with van der Waals surface area (Å²) >= 11 is 1.55. The van der Waals surface area contributed by atoms with Gasteiger partial charge in [0.15, 0.2) is 5.54 Å². The van der Waals surface area contributed by atoms with Gasteiger partial charge in [-0.1, -0.05) is 30.7 Å². The number of aryl methyl sites for hydroxylation is 1. The molecule has 0 spiro atoms. The number of aliphatic hydroxyl groups excluding tert-OH is 1. The largest absolute Gasteiger partial charge is 0.391 e. The van der Waals surface area contributed by atoms with Gasteiger partial charge in [0.1, 0.15) is 11.9 Å². The maximum Gasteiger partial charge on any atom is 0.257 e. The molecule has 12 heteroatoms. The summed E-state index contributed by atoms with van der Waals surface area (Å²) in [5, 5.41) is 13.3. The van der Waals surface area contributed by atoms with E-state index in [9.17, 15) is 23.1 Å². The molecule has 2 amide bonds. The first-order valence-electron chi connectivity index (χ1n) is 12.4. The molecular formula is C25H31N5O5S2. The quantitative estimate of drug-likeness (QED) is 0.587. The highest BCUT2D eigenvalue weighted by molar-refractivity contribution is 7.88. The number of amides is 2. The minimum atomic E-state index is -3.57. The van der Waals surface area contributed by atoms with Crippen LogP contribution in [0.1, 0.15) is 43.9 Å². The van der Waals surface area contributed by atoms with Crippen molar-refractivity contribution >= 4 is 39.0 Å². The predicted octanol–water partition coefficient (Wildman–Crippen LogP) is 1.64. The summed E-state index contributed by atoms with van der Waals surface area (Å²) in [5.74, 6) is -0.351. The molecule has 0 radical (unpaired) electrons. The van der Waals surface area contributed by atoms with Gasteiger partial charge in [-0.05, 0) is 37.8 Å². The van der Waals surface area contributed by atoms with Gasteiger partial charge in [0.05, 0.1) is 34.5 Å². The molecule has 4 heterocycles. The maximum absolute atomic E-state index is 13.6. The number of benzene rings is 1. The standard InChI is InChI=1S/C25H31N5O5S2/c1-15-21(36-14-26-15)16-7-9-17(10-8-16)25(2)24(33)27-22(28-25)20-12-18(31)13-29(20)23(32)19-6-4-5-11-30(19)37(3,34)35/h7-10,14,18-20,31H,4-6,11-13H2,1-3H3,(H,27,28,33)/t18-,19?,20?,25+/m1/s1. The fourth-order valence-electron chi connectivity index (χ4n) is 5.49. The van der Waals surface area contributed by atoms with E-state index in [1.807, 2.05) is 31.2 Å². The number of nitrogens with one attached hydrogen (secondary N) is 1. The third-order valence-corrected chi connectivity index (χ3v) is 9.79. The Morgan fingerprint density at radius 1 is 1.24 bits per heavy atom. The summed E-state index contributed by atoms with van der Waals surface area (Å²) in [6, 6.07) is 6.18. The van der Waals surface area contributed by atoms with Gasteiger partial charge >= 0.3 is 0 Å². The molecule has 3 aliphatic heterocycles. The van der Waals surface area contributed by atoms with Crippen LogP contribution in [0.2, 0.25) is 0 Å². The molecule has 0 bridgehead atoms. The second-order valence-corrected chi connectivity index (χ2v) is 12.9. The monoisotopic (exact) mass is 545 g/mol. The molecule has 0 saturated carbocycles. The van der Waals surface area contributed by atoms with Gasteiger partial charge in [0, 0.05) is 19.5 Å². The van der Waals surface area contributed by atoms with Crippen molar-refractivity contribution in [2.75, 3.05) is 19.3 Å². The van der Waals surface area contributed by atoms with Gasteiger partial charge in [0.25, 0.3) is 5.91 Å². The predicted molar refractivity (Wildman–Crippen MR) is 141 cm³/mol. The lowest BCUT2D eigenvalue weighted by atomic mass is 9.91. The van der Waals surface area contributed by atoms with Gasteiger partial charge in [-0.3, -0.25) is 9.59 Å². The molecule has 2 aromatic rings. The van der Waals surface area contributed by atoms with E-state index < -0.39 is 33.7 Å². The van der Waals surface area contributed by atoms with Gasteiger partial charge in [-0.25, -0.2) is 18.4 Å². The van der Waals surface area contributed by atoms with Crippen LogP contribution in [0.5, 0.6) is 0 Å². The third kappa shape index (κ3) is 4.71. The number of carbonyl (C=O) groups is 2. The fourth-order valence-corrected chi connectivity index (χ4v) is 7.42. The van der Waals surface area contributed by atoms with Crippen molar-refractivity contribution in [2.45, 2.75) is 63.3 Å². The number of β-amino-alcohol motifs (C(OH)–C–C–N with tert-alkyl or cyclic N) is 1. The molecule has 198 valence electrons. The zero-order chi connectivity index (χ0) is 26.5. The Kier molecular flexibility index (Phi) is 6.71. The number of hydrogen-bond acceptors (Lipinski definition) is 8. The number of aromatic nitrogens is 1. The van der Waals surface area contributed by atoms with E-state index in [2.05, 4.69) is 10.3 Å². The Hall–Kier alpha value is -2.67. The van der Waals surface area contributed by atoms with E-state index in [1.54, 1.807) is 23.8 Å². The summed E-state index contributed by atoms with van der Waals surface area (Å²) in [5.41, 5.74) is 3.26. The number of amidine groups is 1. The fraction of sp³-hybridized carbons (Fsp3) is 0.520. The Bertz CT molecular complexity index is 1360. The van der Waals surface area contributed by atoms with Crippen LogP contribution in [0, 0.1) is 6.92 Å². The first-order valence-corrected chi connectivity index (χ1v) is 15.1. The normalized spacial score (nSPS) is 28.9. The Balaban J connectivity index is 1.42. The van der Waals surface area contributed by atoms with Gasteiger partial charge in [-0.15, -0.1) is 11.3 Å². The highest BCUT2D eigenvalue weighted by Crippen LogP contribution is 2.35. The molecule has 2 fully saturated rings. The molecule has 2 unspecified atom stereocenters. The Morgan fingerprint density at radius 2 is 1.97 bits per heavy atom. The van der Waals surface area contributed by atoms with Crippen LogP contribution in [0.25, 0.3) is 10.4 Å². The number of aliphatic hydroxyl groups is 1. The van der Waals surface area contributed by atoms with Crippen LogP contribution in [-0.2, 0) is 25.2 Å². The van der Waals surface area contributed by atoms with Crippen molar-refractivity contribution < 1.29 is 23.1 Å². The molecule has 37 heavy (non-hydrogen) atoms. The van der Waals surface area contributed by atoms with E-state index in [4.69, 9.17) is 4.99 Å². The first kappa shape index (κ1) is 26.0. The molecule has 4 atom stereocenters. The zero-order valence-corrected chi connectivity index (χ0v) is 22.7. The van der Waals surface area contributed by atoms with Gasteiger partial charge < -0.3 is 15.3 Å². The van der Waals surface area contributed by atoms with Crippen molar-refractivity contribution in [3.05, 3.63) is 41.0 Å². The number of rotatable bonds is 5. The minimum Gasteiger partial charge on any atom is -0.391 e. The number of hydrogen-bond donors (Lipinski definition) is 2. The topological polar surface area (TPSA) is 132 Å². The average molecular weight is 546 g/mol. The Morgan fingerprint density at radius 3 is 2.62 bits per heavy atom. The van der Waals surface area contributed by atoms with Crippen LogP contribution in [0.3, 0.4) is 0 Å². The second kappa shape index (κ2) is 9.57. The lowest BCUT2D eigenvalue weighted by Crippen LogP contribution is -2.55. The number of thiazole rings is 1. The van der Waals surface area contributed by atoms with E-state index in [0.717, 1.165) is 28.8 Å². The second-order valence-electron chi connectivity index (χ2n) is 10.1. The molecule has 1 aromatic carbocycles.